The average molecular weight is 373 g/mol. The molecule has 4 aliphatic heterocycles. The van der Waals surface area contributed by atoms with Crippen LogP contribution in [0.3, 0.4) is 0 Å². The number of ether oxygens (including phenoxy) is 2. The Morgan fingerprint density at radius 3 is 2.68 bits per heavy atom. The van der Waals surface area contributed by atoms with E-state index in [1.54, 1.807) is 0 Å². The smallest absolute Gasteiger partial charge is 0.218 e. The zero-order chi connectivity index (χ0) is 18.8. The zero-order valence-electron chi connectivity index (χ0n) is 15.1. The molecule has 0 aliphatic carbocycles. The third kappa shape index (κ3) is 2.09. The number of carbonyl (C=O) groups is 2. The first-order valence-corrected chi connectivity index (χ1v) is 9.70. The van der Waals surface area contributed by atoms with E-state index in [-0.39, 0.29) is 35.5 Å². The summed E-state index contributed by atoms with van der Waals surface area (Å²) >= 11 is 0. The summed E-state index contributed by atoms with van der Waals surface area (Å²) in [6.07, 6.45) is 3.11. The van der Waals surface area contributed by atoms with E-state index in [0.717, 1.165) is 11.3 Å². The molecule has 0 saturated carbocycles. The number of benzene rings is 2. The second kappa shape index (κ2) is 5.87. The molecule has 3 fully saturated rings. The number of fused-ring (bicyclic) bond motifs is 8. The fourth-order valence-corrected chi connectivity index (χ4v) is 5.35. The summed E-state index contributed by atoms with van der Waals surface area (Å²) in [5.74, 6) is -0.528. The van der Waals surface area contributed by atoms with Crippen LogP contribution in [0.2, 0.25) is 0 Å². The molecule has 4 heterocycles. The molecule has 0 spiro atoms. The maximum absolute atomic E-state index is 13.7. The van der Waals surface area contributed by atoms with Crippen LogP contribution < -0.4 is 4.90 Å². The Balaban J connectivity index is 1.53. The van der Waals surface area contributed by atoms with Crippen molar-refractivity contribution < 1.29 is 19.1 Å². The van der Waals surface area contributed by atoms with Gasteiger partial charge < -0.3 is 14.4 Å². The highest BCUT2D eigenvalue weighted by atomic mass is 16.7. The van der Waals surface area contributed by atoms with Gasteiger partial charge in [-0.3, -0.25) is 9.59 Å². The molecule has 140 valence electrons. The number of Topliss-reactive ketones (excluding diaryl/α,β-unsaturated/α-hetero) is 2. The van der Waals surface area contributed by atoms with Crippen molar-refractivity contribution in [1.82, 2.24) is 0 Å². The maximum atomic E-state index is 13.7. The number of para-hydroxylation sites is 1. The standard InChI is InChI=1S/C23H19NO4/c25-21(14-7-2-1-3-8-14)20-19-17-12-27-23(28-17)22(26)18(19)16-11-10-13-6-4-5-9-15(13)24(16)20/h1-11,16-20,23H,12H2/t16-,17?,18-,19+,20-,23?/m0/s1. The molecule has 4 aliphatic rings. The first kappa shape index (κ1) is 16.2. The van der Waals surface area contributed by atoms with Gasteiger partial charge in [0, 0.05) is 17.2 Å². The average Bonchev–Trinajstić information content (AvgIpc) is 3.33. The second-order valence-electron chi connectivity index (χ2n) is 7.84. The lowest BCUT2D eigenvalue weighted by atomic mass is 9.77. The molecular formula is C23H19NO4. The van der Waals surface area contributed by atoms with Crippen LogP contribution in [0.5, 0.6) is 0 Å². The third-order valence-corrected chi connectivity index (χ3v) is 6.48. The fourth-order valence-electron chi connectivity index (χ4n) is 5.35. The lowest BCUT2D eigenvalue weighted by Crippen LogP contribution is -2.48. The summed E-state index contributed by atoms with van der Waals surface area (Å²) in [4.78, 5) is 28.9. The van der Waals surface area contributed by atoms with Crippen molar-refractivity contribution in [3.05, 3.63) is 71.8 Å². The minimum atomic E-state index is -0.788. The molecule has 0 aromatic heterocycles. The van der Waals surface area contributed by atoms with Crippen molar-refractivity contribution in [3.63, 3.8) is 0 Å². The Morgan fingerprint density at radius 1 is 1.04 bits per heavy atom. The fraction of sp³-hybridized carbons (Fsp3) is 0.304. The Kier molecular flexibility index (Phi) is 3.40. The first-order valence-electron chi connectivity index (χ1n) is 9.70. The number of ketones is 2. The van der Waals surface area contributed by atoms with Gasteiger partial charge in [-0.2, -0.15) is 0 Å². The van der Waals surface area contributed by atoms with E-state index in [9.17, 15) is 9.59 Å². The van der Waals surface area contributed by atoms with E-state index < -0.39 is 12.3 Å². The number of anilines is 1. The highest BCUT2D eigenvalue weighted by molar-refractivity contribution is 6.05. The number of hydrogen-bond donors (Lipinski definition) is 0. The third-order valence-electron chi connectivity index (χ3n) is 6.48. The Hall–Kier alpha value is -2.76. The van der Waals surface area contributed by atoms with Crippen molar-refractivity contribution in [2.45, 2.75) is 24.5 Å². The Labute approximate surface area is 162 Å². The summed E-state index contributed by atoms with van der Waals surface area (Å²) in [7, 11) is 0. The van der Waals surface area contributed by atoms with Crippen LogP contribution in [0.25, 0.3) is 6.08 Å². The predicted octanol–water partition coefficient (Wildman–Crippen LogP) is 2.71. The quantitative estimate of drug-likeness (QED) is 0.758. The van der Waals surface area contributed by atoms with Gasteiger partial charge in [0.15, 0.2) is 11.6 Å². The molecule has 2 bridgehead atoms. The Morgan fingerprint density at radius 2 is 1.82 bits per heavy atom. The monoisotopic (exact) mass is 373 g/mol. The van der Waals surface area contributed by atoms with E-state index >= 15 is 0 Å². The van der Waals surface area contributed by atoms with Crippen molar-refractivity contribution in [1.29, 1.82) is 0 Å². The minimum Gasteiger partial charge on any atom is -0.353 e. The summed E-state index contributed by atoms with van der Waals surface area (Å²) in [5, 5.41) is 0. The predicted molar refractivity (Wildman–Crippen MR) is 103 cm³/mol. The van der Waals surface area contributed by atoms with Gasteiger partial charge in [-0.15, -0.1) is 0 Å². The van der Waals surface area contributed by atoms with Gasteiger partial charge in [-0.25, -0.2) is 0 Å². The van der Waals surface area contributed by atoms with Crippen molar-refractivity contribution in [3.8, 4) is 0 Å². The van der Waals surface area contributed by atoms with Gasteiger partial charge in [0.1, 0.15) is 0 Å². The van der Waals surface area contributed by atoms with Crippen molar-refractivity contribution in [2.24, 2.45) is 11.8 Å². The molecular weight excluding hydrogens is 354 g/mol. The highest BCUT2D eigenvalue weighted by Crippen LogP contribution is 2.50. The molecule has 6 atom stereocenters. The van der Waals surface area contributed by atoms with Gasteiger partial charge in [0.25, 0.3) is 0 Å². The van der Waals surface area contributed by atoms with E-state index in [2.05, 4.69) is 17.1 Å². The summed E-state index contributed by atoms with van der Waals surface area (Å²) in [6.45, 7) is 0.363. The summed E-state index contributed by atoms with van der Waals surface area (Å²) in [5.41, 5.74) is 2.73. The van der Waals surface area contributed by atoms with Gasteiger partial charge in [0.2, 0.25) is 6.29 Å². The van der Waals surface area contributed by atoms with Crippen LogP contribution in [-0.2, 0) is 14.3 Å². The van der Waals surface area contributed by atoms with E-state index in [1.807, 2.05) is 54.6 Å². The van der Waals surface area contributed by atoms with E-state index in [1.165, 1.54) is 0 Å². The van der Waals surface area contributed by atoms with Gasteiger partial charge in [-0.05, 0) is 11.6 Å². The molecule has 0 N–H and O–H groups in total. The lowest BCUT2D eigenvalue weighted by molar-refractivity contribution is -0.163. The number of carbonyl (C=O) groups excluding carboxylic acids is 2. The topological polar surface area (TPSA) is 55.8 Å². The van der Waals surface area contributed by atoms with E-state index in [4.69, 9.17) is 9.47 Å². The lowest BCUT2D eigenvalue weighted by Gasteiger charge is -2.35. The van der Waals surface area contributed by atoms with Crippen molar-refractivity contribution in [2.75, 3.05) is 11.5 Å². The maximum Gasteiger partial charge on any atom is 0.218 e. The molecule has 2 aromatic carbocycles. The molecule has 2 aromatic rings. The normalized spacial score (nSPS) is 34.7. The van der Waals surface area contributed by atoms with Crippen LogP contribution in [0, 0.1) is 11.8 Å². The van der Waals surface area contributed by atoms with Gasteiger partial charge in [-0.1, -0.05) is 60.7 Å². The largest absolute Gasteiger partial charge is 0.353 e. The number of hydrogen-bond acceptors (Lipinski definition) is 5. The van der Waals surface area contributed by atoms with Crippen LogP contribution in [-0.4, -0.2) is 42.7 Å². The van der Waals surface area contributed by atoms with Crippen LogP contribution in [0.4, 0.5) is 5.69 Å². The molecule has 5 nitrogen and oxygen atoms in total. The van der Waals surface area contributed by atoms with Crippen LogP contribution in [0.15, 0.2) is 60.7 Å². The molecule has 28 heavy (non-hydrogen) atoms. The molecule has 6 rings (SSSR count). The van der Waals surface area contributed by atoms with Crippen LogP contribution in [0.1, 0.15) is 15.9 Å². The number of rotatable bonds is 2. The summed E-state index contributed by atoms with van der Waals surface area (Å²) < 4.78 is 11.4. The van der Waals surface area contributed by atoms with Crippen molar-refractivity contribution >= 4 is 23.3 Å². The molecule has 5 heteroatoms. The van der Waals surface area contributed by atoms with Gasteiger partial charge >= 0.3 is 0 Å². The van der Waals surface area contributed by atoms with Gasteiger partial charge in [0.05, 0.1) is 30.7 Å². The van der Waals surface area contributed by atoms with E-state index in [0.29, 0.717) is 12.2 Å². The SMILES string of the molecule is O=C1C2OCC(O2)[C@@H]2[C@@H]1[C@@H]1C=Cc3ccccc3N1[C@@H]2C(=O)c1ccccc1. The minimum absolute atomic E-state index is 0.0324. The number of nitrogens with zero attached hydrogens (tertiary/aromatic N) is 1. The zero-order valence-corrected chi connectivity index (χ0v) is 15.1. The summed E-state index contributed by atoms with van der Waals surface area (Å²) in [6, 6.07) is 16.8. The molecule has 2 unspecified atom stereocenters. The second-order valence-corrected chi connectivity index (χ2v) is 7.84. The molecule has 0 radical (unpaired) electrons. The Bertz CT molecular complexity index is 1000. The first-order chi connectivity index (χ1) is 13.7. The molecule has 0 amide bonds. The van der Waals surface area contributed by atoms with Crippen LogP contribution >= 0.6 is 0 Å². The molecule has 3 saturated heterocycles. The highest BCUT2D eigenvalue weighted by Gasteiger charge is 2.63.